The van der Waals surface area contributed by atoms with E-state index in [0.717, 1.165) is 22.0 Å². The molecule has 1 amide bonds. The molecule has 4 nitrogen and oxygen atoms in total. The molecule has 0 aliphatic carbocycles. The summed E-state index contributed by atoms with van der Waals surface area (Å²) in [6, 6.07) is 11.7. The minimum atomic E-state index is -0.139. The molecule has 3 aromatic rings. The smallest absolute Gasteiger partial charge is 0.267 e. The number of rotatable bonds is 3. The average Bonchev–Trinajstić information content (AvgIpc) is 2.91. The molecule has 110 valence electrons. The Morgan fingerprint density at radius 2 is 1.73 bits per heavy atom. The molecule has 2 heterocycles. The predicted molar refractivity (Wildman–Crippen MR) is 89.2 cm³/mol. The minimum Gasteiger partial charge on any atom is -0.321 e. The Bertz CT molecular complexity index is 795. The Labute approximate surface area is 132 Å². The van der Waals surface area contributed by atoms with E-state index in [-0.39, 0.29) is 5.91 Å². The van der Waals surface area contributed by atoms with E-state index >= 15 is 0 Å². The second-order valence-corrected chi connectivity index (χ2v) is 5.99. The largest absolute Gasteiger partial charge is 0.321 e. The summed E-state index contributed by atoms with van der Waals surface area (Å²) >= 11 is 1.41. The van der Waals surface area contributed by atoms with E-state index in [4.69, 9.17) is 0 Å². The van der Waals surface area contributed by atoms with E-state index in [1.807, 2.05) is 38.1 Å². The van der Waals surface area contributed by atoms with Gasteiger partial charge in [0.2, 0.25) is 0 Å². The van der Waals surface area contributed by atoms with Gasteiger partial charge in [0.25, 0.3) is 5.91 Å². The number of anilines is 1. The normalized spacial score (nSPS) is 10.5. The van der Waals surface area contributed by atoms with Crippen molar-refractivity contribution in [3.8, 4) is 10.6 Å². The second-order valence-electron chi connectivity index (χ2n) is 4.99. The van der Waals surface area contributed by atoms with Crippen LogP contribution in [0.2, 0.25) is 0 Å². The number of nitrogens with zero attached hydrogens (tertiary/aromatic N) is 2. The number of hydrogen-bond donors (Lipinski definition) is 1. The molecular weight excluding hydrogens is 294 g/mol. The highest BCUT2D eigenvalue weighted by Crippen LogP contribution is 2.28. The van der Waals surface area contributed by atoms with Crippen LogP contribution in [0.25, 0.3) is 10.6 Å². The predicted octanol–water partition coefficient (Wildman–Crippen LogP) is 4.07. The van der Waals surface area contributed by atoms with Gasteiger partial charge in [-0.1, -0.05) is 29.8 Å². The summed E-state index contributed by atoms with van der Waals surface area (Å²) in [6.45, 7) is 3.90. The minimum absolute atomic E-state index is 0.139. The monoisotopic (exact) mass is 309 g/mol. The van der Waals surface area contributed by atoms with Crippen molar-refractivity contribution in [1.82, 2.24) is 9.97 Å². The topological polar surface area (TPSA) is 54.9 Å². The van der Waals surface area contributed by atoms with E-state index in [1.165, 1.54) is 16.9 Å². The van der Waals surface area contributed by atoms with Gasteiger partial charge in [-0.3, -0.25) is 9.78 Å². The molecule has 2 aromatic heterocycles. The quantitative estimate of drug-likeness (QED) is 0.793. The number of amides is 1. The molecule has 1 N–H and O–H groups in total. The lowest BCUT2D eigenvalue weighted by Gasteiger charge is -2.02. The zero-order valence-electron chi connectivity index (χ0n) is 12.3. The van der Waals surface area contributed by atoms with Crippen LogP contribution < -0.4 is 5.32 Å². The molecule has 22 heavy (non-hydrogen) atoms. The van der Waals surface area contributed by atoms with Gasteiger partial charge in [0, 0.05) is 23.6 Å². The van der Waals surface area contributed by atoms with Crippen molar-refractivity contribution in [1.29, 1.82) is 0 Å². The van der Waals surface area contributed by atoms with Crippen molar-refractivity contribution in [3.05, 3.63) is 64.9 Å². The van der Waals surface area contributed by atoms with Crippen molar-refractivity contribution in [2.45, 2.75) is 13.8 Å². The first-order chi connectivity index (χ1) is 10.6. The second kappa shape index (κ2) is 6.07. The molecule has 3 rings (SSSR count). The molecule has 0 aliphatic rings. The van der Waals surface area contributed by atoms with Crippen molar-refractivity contribution in [2.24, 2.45) is 0 Å². The third-order valence-corrected chi connectivity index (χ3v) is 4.44. The molecule has 5 heteroatoms. The fourth-order valence-corrected chi connectivity index (χ4v) is 3.02. The lowest BCUT2D eigenvalue weighted by atomic mass is 10.2. The van der Waals surface area contributed by atoms with Gasteiger partial charge in [-0.2, -0.15) is 0 Å². The molecule has 0 fully saturated rings. The Balaban J connectivity index is 1.86. The number of carbonyl (C=O) groups is 1. The Morgan fingerprint density at radius 1 is 1.05 bits per heavy atom. The third-order valence-electron chi connectivity index (χ3n) is 3.24. The lowest BCUT2D eigenvalue weighted by Crippen LogP contribution is -2.11. The van der Waals surface area contributed by atoms with E-state index in [1.54, 1.807) is 24.5 Å². The Kier molecular flexibility index (Phi) is 3.98. The van der Waals surface area contributed by atoms with Crippen LogP contribution >= 0.6 is 11.3 Å². The highest BCUT2D eigenvalue weighted by Gasteiger charge is 2.16. The number of nitrogens with one attached hydrogen (secondary N) is 1. The number of thiazole rings is 1. The lowest BCUT2D eigenvalue weighted by molar-refractivity contribution is 0.103. The van der Waals surface area contributed by atoms with Crippen LogP contribution in [0.15, 0.2) is 48.8 Å². The number of aromatic nitrogens is 2. The summed E-state index contributed by atoms with van der Waals surface area (Å²) in [7, 11) is 0. The van der Waals surface area contributed by atoms with Crippen LogP contribution in [-0.2, 0) is 0 Å². The summed E-state index contributed by atoms with van der Waals surface area (Å²) in [6.07, 6.45) is 3.29. The van der Waals surface area contributed by atoms with Gasteiger partial charge in [-0.05, 0) is 26.0 Å². The van der Waals surface area contributed by atoms with Crippen molar-refractivity contribution in [2.75, 3.05) is 5.32 Å². The first kappa shape index (κ1) is 14.4. The van der Waals surface area contributed by atoms with Crippen LogP contribution in [0.4, 0.5) is 5.69 Å². The molecular formula is C17H15N3OS. The first-order valence-electron chi connectivity index (χ1n) is 6.89. The first-order valence-corrected chi connectivity index (χ1v) is 7.71. The van der Waals surface area contributed by atoms with Crippen molar-refractivity contribution < 1.29 is 4.79 Å². The summed E-state index contributed by atoms with van der Waals surface area (Å²) in [5.74, 6) is -0.139. The standard InChI is InChI=1S/C17H15N3OS/c1-11-3-5-13(6-4-11)17-19-12(2)15(22-17)16(21)20-14-7-9-18-10-8-14/h3-10H,1-2H3,(H,18,20,21). The van der Waals surface area contributed by atoms with Crippen molar-refractivity contribution in [3.63, 3.8) is 0 Å². The number of aryl methyl sites for hydroxylation is 2. The van der Waals surface area contributed by atoms with Gasteiger partial charge < -0.3 is 5.32 Å². The average molecular weight is 309 g/mol. The Hall–Kier alpha value is -2.53. The maximum atomic E-state index is 12.4. The zero-order chi connectivity index (χ0) is 15.5. The summed E-state index contributed by atoms with van der Waals surface area (Å²) in [5.41, 5.74) is 3.70. The van der Waals surface area contributed by atoms with E-state index in [2.05, 4.69) is 15.3 Å². The van der Waals surface area contributed by atoms with Gasteiger partial charge in [-0.15, -0.1) is 11.3 Å². The molecule has 0 radical (unpaired) electrons. The number of benzene rings is 1. The van der Waals surface area contributed by atoms with Gasteiger partial charge in [0.1, 0.15) is 9.88 Å². The van der Waals surface area contributed by atoms with Crippen LogP contribution in [0, 0.1) is 13.8 Å². The number of carbonyl (C=O) groups excluding carboxylic acids is 1. The number of pyridine rings is 1. The molecule has 0 spiro atoms. The fourth-order valence-electron chi connectivity index (χ4n) is 2.05. The highest BCUT2D eigenvalue weighted by atomic mass is 32.1. The maximum Gasteiger partial charge on any atom is 0.267 e. The Morgan fingerprint density at radius 3 is 2.41 bits per heavy atom. The van der Waals surface area contributed by atoms with E-state index < -0.39 is 0 Å². The molecule has 0 unspecified atom stereocenters. The van der Waals surface area contributed by atoms with Crippen LogP contribution in [0.5, 0.6) is 0 Å². The number of hydrogen-bond acceptors (Lipinski definition) is 4. The van der Waals surface area contributed by atoms with Crippen LogP contribution in [0.3, 0.4) is 0 Å². The summed E-state index contributed by atoms with van der Waals surface area (Å²) in [5, 5.41) is 3.72. The molecule has 1 aromatic carbocycles. The van der Waals surface area contributed by atoms with Crippen molar-refractivity contribution >= 4 is 22.9 Å². The fraction of sp³-hybridized carbons (Fsp3) is 0.118. The van der Waals surface area contributed by atoms with Gasteiger partial charge in [0.15, 0.2) is 0 Å². The summed E-state index contributed by atoms with van der Waals surface area (Å²) in [4.78, 5) is 21.5. The molecule has 0 saturated heterocycles. The zero-order valence-corrected chi connectivity index (χ0v) is 13.1. The van der Waals surface area contributed by atoms with E-state index in [9.17, 15) is 4.79 Å². The summed E-state index contributed by atoms with van der Waals surface area (Å²) < 4.78 is 0. The van der Waals surface area contributed by atoms with Gasteiger partial charge in [0.05, 0.1) is 5.69 Å². The van der Waals surface area contributed by atoms with Gasteiger partial charge in [-0.25, -0.2) is 4.98 Å². The third kappa shape index (κ3) is 3.04. The van der Waals surface area contributed by atoms with Crippen LogP contribution in [-0.4, -0.2) is 15.9 Å². The van der Waals surface area contributed by atoms with E-state index in [0.29, 0.717) is 4.88 Å². The molecule has 0 bridgehead atoms. The molecule has 0 aliphatic heterocycles. The maximum absolute atomic E-state index is 12.4. The highest BCUT2D eigenvalue weighted by molar-refractivity contribution is 7.17. The van der Waals surface area contributed by atoms with Gasteiger partial charge >= 0.3 is 0 Å². The SMILES string of the molecule is Cc1ccc(-c2nc(C)c(C(=O)Nc3ccncc3)s2)cc1. The van der Waals surface area contributed by atoms with Crippen LogP contribution in [0.1, 0.15) is 20.9 Å². The molecule has 0 atom stereocenters. The molecule has 0 saturated carbocycles.